The maximum absolute atomic E-state index is 13.3. The summed E-state index contributed by atoms with van der Waals surface area (Å²) in [5.74, 6) is 0.135. The molecule has 33 heavy (non-hydrogen) atoms. The molecule has 1 aliphatic rings. The van der Waals surface area contributed by atoms with E-state index >= 15 is 0 Å². The summed E-state index contributed by atoms with van der Waals surface area (Å²) in [6, 6.07) is 6.12. The molecule has 1 aromatic heterocycles. The number of amides is 1. The molecule has 0 N–H and O–H groups in total. The highest BCUT2D eigenvalue weighted by Crippen LogP contribution is 2.29. The van der Waals surface area contributed by atoms with Gasteiger partial charge in [-0.25, -0.2) is 8.42 Å². The number of nitro benzene ring substituents is 1. The van der Waals surface area contributed by atoms with Crippen LogP contribution in [0.1, 0.15) is 32.4 Å². The molecule has 0 bridgehead atoms. The van der Waals surface area contributed by atoms with E-state index in [0.717, 1.165) is 29.3 Å². The molecule has 0 radical (unpaired) electrons. The van der Waals surface area contributed by atoms with Crippen molar-refractivity contribution in [1.82, 2.24) is 9.21 Å². The van der Waals surface area contributed by atoms with Crippen molar-refractivity contribution >= 4 is 33.2 Å². The van der Waals surface area contributed by atoms with Crippen molar-refractivity contribution in [2.75, 3.05) is 19.7 Å². The van der Waals surface area contributed by atoms with Crippen LogP contribution in [-0.4, -0.2) is 60.3 Å². The number of carbonyl (C=O) groups excluding carboxylic acids is 1. The molecule has 1 fully saturated rings. The van der Waals surface area contributed by atoms with Crippen LogP contribution in [-0.2, 0) is 26.1 Å². The van der Waals surface area contributed by atoms with Crippen molar-refractivity contribution in [2.24, 2.45) is 0 Å². The molecule has 0 saturated carbocycles. The second kappa shape index (κ2) is 10.6. The van der Waals surface area contributed by atoms with Crippen LogP contribution in [0.25, 0.3) is 0 Å². The number of hydrogen-bond donors (Lipinski definition) is 0. The van der Waals surface area contributed by atoms with E-state index < -0.39 is 39.1 Å². The van der Waals surface area contributed by atoms with Crippen molar-refractivity contribution < 1.29 is 27.3 Å². The third-order valence-corrected chi connectivity index (χ3v) is 7.65. The Balaban J connectivity index is 1.86. The van der Waals surface area contributed by atoms with Crippen LogP contribution in [0.4, 0.5) is 5.69 Å². The molecular weight excluding hydrogens is 474 g/mol. The fourth-order valence-electron chi connectivity index (χ4n) is 3.59. The van der Waals surface area contributed by atoms with Crippen LogP contribution in [0, 0.1) is 10.1 Å². The summed E-state index contributed by atoms with van der Waals surface area (Å²) in [5.41, 5.74) is -0.523. The average molecular weight is 500 g/mol. The predicted octanol–water partition coefficient (Wildman–Crippen LogP) is 3.45. The van der Waals surface area contributed by atoms with Crippen LogP contribution in [0.5, 0.6) is 0 Å². The molecule has 2 aromatic rings. The number of furan rings is 1. The van der Waals surface area contributed by atoms with Gasteiger partial charge < -0.3 is 14.1 Å². The monoisotopic (exact) mass is 499 g/mol. The Morgan fingerprint density at radius 3 is 2.67 bits per heavy atom. The smallest absolute Gasteiger partial charge is 0.289 e. The Hall–Kier alpha value is -2.47. The summed E-state index contributed by atoms with van der Waals surface area (Å²) in [6.07, 6.45) is 3.08. The van der Waals surface area contributed by atoms with Gasteiger partial charge in [-0.3, -0.25) is 14.9 Å². The lowest BCUT2D eigenvalue weighted by Crippen LogP contribution is -2.47. The van der Waals surface area contributed by atoms with Crippen molar-refractivity contribution in [3.63, 3.8) is 0 Å². The van der Waals surface area contributed by atoms with Gasteiger partial charge in [0, 0.05) is 25.3 Å². The van der Waals surface area contributed by atoms with Gasteiger partial charge in [-0.05, 0) is 51.0 Å². The number of halogens is 1. The molecule has 0 aliphatic carbocycles. The van der Waals surface area contributed by atoms with Crippen molar-refractivity contribution in [1.29, 1.82) is 0 Å². The van der Waals surface area contributed by atoms with Gasteiger partial charge in [0.15, 0.2) is 0 Å². The summed E-state index contributed by atoms with van der Waals surface area (Å²) in [7, 11) is -4.22. The predicted molar refractivity (Wildman–Crippen MR) is 120 cm³/mol. The largest absolute Gasteiger partial charge is 0.467 e. The molecule has 1 amide bonds. The molecule has 0 spiro atoms. The first-order chi connectivity index (χ1) is 15.6. The maximum Gasteiger partial charge on any atom is 0.289 e. The van der Waals surface area contributed by atoms with Crippen molar-refractivity contribution in [3.8, 4) is 0 Å². The lowest BCUT2D eigenvalue weighted by atomic mass is 10.2. The Morgan fingerprint density at radius 2 is 2.09 bits per heavy atom. The molecule has 12 heteroatoms. The molecule has 1 atom stereocenters. The summed E-state index contributed by atoms with van der Waals surface area (Å²) < 4.78 is 38.7. The lowest BCUT2D eigenvalue weighted by Gasteiger charge is -2.30. The molecule has 1 unspecified atom stereocenters. The molecule has 2 heterocycles. The number of carbonyl (C=O) groups is 1. The number of nitrogens with zero attached hydrogens (tertiary/aromatic N) is 3. The molecule has 1 aliphatic heterocycles. The minimum absolute atomic E-state index is 0.132. The Morgan fingerprint density at radius 1 is 1.33 bits per heavy atom. The number of nitro groups is 1. The van der Waals surface area contributed by atoms with E-state index in [1.807, 2.05) is 0 Å². The van der Waals surface area contributed by atoms with Crippen molar-refractivity contribution in [3.05, 3.63) is 57.5 Å². The normalized spacial score (nSPS) is 16.5. The first-order valence-electron chi connectivity index (χ1n) is 10.5. The van der Waals surface area contributed by atoms with Crippen LogP contribution < -0.4 is 0 Å². The van der Waals surface area contributed by atoms with E-state index in [-0.39, 0.29) is 22.6 Å². The SMILES string of the molecule is CC(C)N(CC(=O)N(Cc1ccco1)CC1CCCO1)S(=O)(=O)c1ccc(Cl)c([N+](=O)[O-])c1. The van der Waals surface area contributed by atoms with E-state index in [2.05, 4.69) is 0 Å². The zero-order valence-electron chi connectivity index (χ0n) is 18.3. The fourth-order valence-corrected chi connectivity index (χ4v) is 5.38. The first kappa shape index (κ1) is 25.2. The Kier molecular flexibility index (Phi) is 8.11. The second-order valence-corrected chi connectivity index (χ2v) is 10.3. The average Bonchev–Trinajstić information content (AvgIpc) is 3.45. The zero-order chi connectivity index (χ0) is 24.2. The highest BCUT2D eigenvalue weighted by Gasteiger charge is 2.33. The molecule has 1 aromatic carbocycles. The Bertz CT molecular complexity index is 1080. The van der Waals surface area contributed by atoms with Gasteiger partial charge >= 0.3 is 0 Å². The van der Waals surface area contributed by atoms with Crippen LogP contribution >= 0.6 is 11.6 Å². The van der Waals surface area contributed by atoms with Gasteiger partial charge in [-0.15, -0.1) is 0 Å². The molecular formula is C21H26ClN3O7S. The fraction of sp³-hybridized carbons (Fsp3) is 0.476. The van der Waals surface area contributed by atoms with Gasteiger partial charge in [-0.2, -0.15) is 4.31 Å². The molecule has 3 rings (SSSR count). The number of sulfonamides is 1. The minimum atomic E-state index is -4.22. The highest BCUT2D eigenvalue weighted by molar-refractivity contribution is 7.89. The summed E-state index contributed by atoms with van der Waals surface area (Å²) >= 11 is 5.83. The van der Waals surface area contributed by atoms with Crippen molar-refractivity contribution in [2.45, 2.75) is 50.3 Å². The van der Waals surface area contributed by atoms with Crippen LogP contribution in [0.15, 0.2) is 45.9 Å². The zero-order valence-corrected chi connectivity index (χ0v) is 19.9. The summed E-state index contributed by atoms with van der Waals surface area (Å²) in [6.45, 7) is 3.92. The maximum atomic E-state index is 13.3. The summed E-state index contributed by atoms with van der Waals surface area (Å²) in [5, 5.41) is 11.0. The van der Waals surface area contributed by atoms with E-state index in [0.29, 0.717) is 18.9 Å². The third-order valence-electron chi connectivity index (χ3n) is 5.32. The lowest BCUT2D eigenvalue weighted by molar-refractivity contribution is -0.384. The van der Waals surface area contributed by atoms with Crippen LogP contribution in [0.2, 0.25) is 5.02 Å². The third kappa shape index (κ3) is 6.11. The number of ether oxygens (including phenoxy) is 1. The first-order valence-corrected chi connectivity index (χ1v) is 12.3. The van der Waals surface area contributed by atoms with E-state index in [1.54, 1.807) is 26.0 Å². The van der Waals surface area contributed by atoms with Gasteiger partial charge in [-0.1, -0.05) is 11.6 Å². The Labute approximate surface area is 197 Å². The molecule has 180 valence electrons. The standard InChI is InChI=1S/C21H26ClN3O7S/c1-15(2)24(33(29,30)18-7-8-19(22)20(11-18)25(27)28)14-21(26)23(12-16-5-3-9-31-16)13-17-6-4-10-32-17/h3,5,7-9,11,15,17H,4,6,10,12-14H2,1-2H3. The van der Waals surface area contributed by atoms with Gasteiger partial charge in [0.2, 0.25) is 15.9 Å². The van der Waals surface area contributed by atoms with Gasteiger partial charge in [0.05, 0.1) is 35.3 Å². The number of benzene rings is 1. The molecule has 10 nitrogen and oxygen atoms in total. The van der Waals surface area contributed by atoms with E-state index in [4.69, 9.17) is 20.8 Å². The quantitative estimate of drug-likeness (QED) is 0.362. The van der Waals surface area contributed by atoms with Crippen LogP contribution in [0.3, 0.4) is 0 Å². The number of rotatable bonds is 10. The summed E-state index contributed by atoms with van der Waals surface area (Å²) in [4.78, 5) is 24.9. The highest BCUT2D eigenvalue weighted by atomic mass is 35.5. The molecule has 1 saturated heterocycles. The van der Waals surface area contributed by atoms with E-state index in [1.165, 1.54) is 17.2 Å². The minimum Gasteiger partial charge on any atom is -0.467 e. The van der Waals surface area contributed by atoms with E-state index in [9.17, 15) is 23.3 Å². The second-order valence-electron chi connectivity index (χ2n) is 8.00. The van der Waals surface area contributed by atoms with Gasteiger partial charge in [0.25, 0.3) is 5.69 Å². The number of hydrogen-bond acceptors (Lipinski definition) is 7. The topological polar surface area (TPSA) is 123 Å². The van der Waals surface area contributed by atoms with Gasteiger partial charge in [0.1, 0.15) is 10.8 Å².